The zero-order chi connectivity index (χ0) is 17.4. The number of sulfonamides is 1. The Hall–Kier alpha value is -2.13. The number of fused-ring (bicyclic) bond motifs is 1. The third-order valence-corrected chi connectivity index (χ3v) is 5.14. The van der Waals surface area contributed by atoms with Crippen LogP contribution in [0.4, 0.5) is 0 Å². The molecule has 0 bridgehead atoms. The molecule has 8 nitrogen and oxygen atoms in total. The van der Waals surface area contributed by atoms with Crippen LogP contribution in [0.25, 0.3) is 11.1 Å². The number of rotatable bonds is 6. The third-order valence-electron chi connectivity index (χ3n) is 3.45. The highest BCUT2D eigenvalue weighted by atomic mass is 32.2. The normalized spacial score (nSPS) is 12.7. The van der Waals surface area contributed by atoms with E-state index in [-0.39, 0.29) is 23.3 Å². The lowest BCUT2D eigenvalue weighted by Gasteiger charge is -2.25. The van der Waals surface area contributed by atoms with Crippen LogP contribution in [-0.2, 0) is 21.9 Å². The smallest absolute Gasteiger partial charge is 0.419 e. The molecule has 0 unspecified atom stereocenters. The number of hydrogen-bond acceptors (Lipinski definition) is 5. The van der Waals surface area contributed by atoms with Crippen molar-refractivity contribution in [1.29, 1.82) is 0 Å². The summed E-state index contributed by atoms with van der Waals surface area (Å²) in [6.07, 6.45) is -0.00760. The molecule has 0 aliphatic rings. The molecule has 2 N–H and O–H groups in total. The summed E-state index contributed by atoms with van der Waals surface area (Å²) in [5.74, 6) is -1.57. The van der Waals surface area contributed by atoms with Crippen LogP contribution in [0.5, 0.6) is 0 Å². The van der Waals surface area contributed by atoms with Crippen molar-refractivity contribution in [3.05, 3.63) is 28.7 Å². The number of aromatic nitrogens is 1. The fourth-order valence-corrected chi connectivity index (χ4v) is 3.63. The summed E-state index contributed by atoms with van der Waals surface area (Å²) in [5.41, 5.74) is -0.272. The second-order valence-corrected chi connectivity index (χ2v) is 7.62. The maximum atomic E-state index is 12.4. The van der Waals surface area contributed by atoms with E-state index in [2.05, 4.69) is 4.72 Å². The molecule has 2 rings (SSSR count). The van der Waals surface area contributed by atoms with E-state index in [1.165, 1.54) is 29.8 Å². The predicted octanol–water partition coefficient (Wildman–Crippen LogP) is 1.05. The van der Waals surface area contributed by atoms with Crippen molar-refractivity contribution in [3.8, 4) is 0 Å². The van der Waals surface area contributed by atoms with Gasteiger partial charge < -0.3 is 9.52 Å². The lowest BCUT2D eigenvalue weighted by molar-refractivity contribution is -0.137. The number of oxazole rings is 1. The number of benzene rings is 1. The van der Waals surface area contributed by atoms with Gasteiger partial charge in [-0.1, -0.05) is 0 Å². The first kappa shape index (κ1) is 17.2. The quantitative estimate of drug-likeness (QED) is 0.810. The van der Waals surface area contributed by atoms with Crippen molar-refractivity contribution in [2.24, 2.45) is 7.05 Å². The number of nitrogens with one attached hydrogen (secondary N) is 1. The van der Waals surface area contributed by atoms with Gasteiger partial charge in [0, 0.05) is 25.1 Å². The van der Waals surface area contributed by atoms with Crippen LogP contribution in [0, 0.1) is 0 Å². The second-order valence-electron chi connectivity index (χ2n) is 5.94. The number of aliphatic carboxylic acids is 1. The molecule has 0 amide bonds. The van der Waals surface area contributed by atoms with Crippen LogP contribution in [-0.4, -0.2) is 29.6 Å². The van der Waals surface area contributed by atoms with Crippen LogP contribution in [0.15, 0.2) is 32.3 Å². The number of carboxylic acid groups (broad SMARTS) is 1. The van der Waals surface area contributed by atoms with Crippen molar-refractivity contribution >= 4 is 27.1 Å². The first-order valence-electron chi connectivity index (χ1n) is 6.87. The number of hydrogen-bond donors (Lipinski definition) is 2. The lowest BCUT2D eigenvalue weighted by atomic mass is 10.0. The molecule has 0 radical (unpaired) electrons. The summed E-state index contributed by atoms with van der Waals surface area (Å²) >= 11 is 0. The van der Waals surface area contributed by atoms with Gasteiger partial charge in [-0.15, -0.1) is 0 Å². The van der Waals surface area contributed by atoms with Crippen molar-refractivity contribution in [2.75, 3.05) is 0 Å². The Morgan fingerprint density at radius 1 is 1.39 bits per heavy atom. The monoisotopic (exact) mass is 342 g/mol. The minimum atomic E-state index is -3.88. The topological polar surface area (TPSA) is 119 Å². The highest BCUT2D eigenvalue weighted by Crippen LogP contribution is 2.21. The van der Waals surface area contributed by atoms with E-state index in [0.717, 1.165) is 0 Å². The van der Waals surface area contributed by atoms with Gasteiger partial charge in [0.25, 0.3) is 0 Å². The molecule has 0 spiro atoms. The van der Waals surface area contributed by atoms with Gasteiger partial charge in [0.05, 0.1) is 10.4 Å². The Bertz CT molecular complexity index is 907. The van der Waals surface area contributed by atoms with E-state index in [4.69, 9.17) is 9.52 Å². The van der Waals surface area contributed by atoms with Crippen LogP contribution < -0.4 is 10.5 Å². The average Bonchev–Trinajstić information content (AvgIpc) is 2.70. The molecule has 0 aliphatic carbocycles. The predicted molar refractivity (Wildman–Crippen MR) is 82.7 cm³/mol. The molecule has 2 aromatic rings. The molecule has 126 valence electrons. The molecule has 0 fully saturated rings. The Morgan fingerprint density at radius 2 is 2.04 bits per heavy atom. The van der Waals surface area contributed by atoms with E-state index in [0.29, 0.717) is 5.52 Å². The minimum absolute atomic E-state index is 0.0530. The maximum Gasteiger partial charge on any atom is 0.419 e. The summed E-state index contributed by atoms with van der Waals surface area (Å²) in [7, 11) is -2.35. The fraction of sp³-hybridized carbons (Fsp3) is 0.429. The van der Waals surface area contributed by atoms with Gasteiger partial charge in [-0.2, -0.15) is 0 Å². The van der Waals surface area contributed by atoms with E-state index >= 15 is 0 Å². The Morgan fingerprint density at radius 3 is 2.65 bits per heavy atom. The fourth-order valence-electron chi connectivity index (χ4n) is 2.17. The van der Waals surface area contributed by atoms with Gasteiger partial charge in [0.15, 0.2) is 5.58 Å². The van der Waals surface area contributed by atoms with E-state index in [9.17, 15) is 18.0 Å². The summed E-state index contributed by atoms with van der Waals surface area (Å²) in [6, 6.07) is 4.12. The number of aryl methyl sites for hydroxylation is 1. The molecule has 1 heterocycles. The van der Waals surface area contributed by atoms with E-state index in [1.807, 2.05) is 0 Å². The van der Waals surface area contributed by atoms with Crippen molar-refractivity contribution < 1.29 is 22.7 Å². The first-order valence-corrected chi connectivity index (χ1v) is 8.35. The number of carbonyl (C=O) groups is 1. The molecular formula is C14H18N2O6S. The summed E-state index contributed by atoms with van der Waals surface area (Å²) in [6.45, 7) is 3.21. The van der Waals surface area contributed by atoms with Gasteiger partial charge in [0.2, 0.25) is 10.0 Å². The number of nitrogens with zero attached hydrogens (tertiary/aromatic N) is 1. The highest BCUT2D eigenvalue weighted by molar-refractivity contribution is 7.89. The average molecular weight is 342 g/mol. The second kappa shape index (κ2) is 5.82. The van der Waals surface area contributed by atoms with E-state index in [1.54, 1.807) is 13.8 Å². The zero-order valence-corrected chi connectivity index (χ0v) is 13.8. The Balaban J connectivity index is 2.32. The summed E-state index contributed by atoms with van der Waals surface area (Å²) in [5, 5.41) is 8.72. The molecule has 1 aromatic heterocycles. The summed E-state index contributed by atoms with van der Waals surface area (Å²) in [4.78, 5) is 22.0. The molecule has 1 aromatic carbocycles. The molecule has 0 saturated heterocycles. The maximum absolute atomic E-state index is 12.4. The van der Waals surface area contributed by atoms with Crippen molar-refractivity contribution in [2.45, 2.75) is 37.1 Å². The molecule has 23 heavy (non-hydrogen) atoms. The van der Waals surface area contributed by atoms with Crippen molar-refractivity contribution in [1.82, 2.24) is 9.29 Å². The molecule has 0 atom stereocenters. The van der Waals surface area contributed by atoms with Crippen molar-refractivity contribution in [3.63, 3.8) is 0 Å². The lowest BCUT2D eigenvalue weighted by Crippen LogP contribution is -2.43. The first-order chi connectivity index (χ1) is 10.5. The van der Waals surface area contributed by atoms with Crippen LogP contribution in [0.1, 0.15) is 26.7 Å². The summed E-state index contributed by atoms with van der Waals surface area (Å²) < 4.78 is 33.6. The third kappa shape index (κ3) is 3.80. The molecule has 0 saturated carbocycles. The van der Waals surface area contributed by atoms with Crippen LogP contribution in [0.3, 0.4) is 0 Å². The molecule has 0 aliphatic heterocycles. The van der Waals surface area contributed by atoms with Gasteiger partial charge in [-0.3, -0.25) is 9.36 Å². The van der Waals surface area contributed by atoms with E-state index < -0.39 is 27.3 Å². The molecule has 9 heteroatoms. The highest BCUT2D eigenvalue weighted by Gasteiger charge is 2.27. The SMILES string of the molecule is Cn1c(=O)oc2cc(S(=O)(=O)NC(C)(C)CCC(=O)O)ccc21. The largest absolute Gasteiger partial charge is 0.481 e. The van der Waals surface area contributed by atoms with Gasteiger partial charge in [0.1, 0.15) is 0 Å². The Labute approximate surface area is 132 Å². The standard InChI is InChI=1S/C14H18N2O6S/c1-14(2,7-6-12(17)18)15-23(20,21)9-4-5-10-11(8-9)22-13(19)16(10)3/h4-5,8,15H,6-7H2,1-3H3,(H,17,18). The zero-order valence-electron chi connectivity index (χ0n) is 13.0. The minimum Gasteiger partial charge on any atom is -0.481 e. The van der Waals surface area contributed by atoms with Gasteiger partial charge in [-0.05, 0) is 32.4 Å². The number of carboxylic acids is 1. The van der Waals surface area contributed by atoms with Crippen LogP contribution in [0.2, 0.25) is 0 Å². The van der Waals surface area contributed by atoms with Gasteiger partial charge in [-0.25, -0.2) is 17.9 Å². The molecular weight excluding hydrogens is 324 g/mol. The Kier molecular flexibility index (Phi) is 4.36. The van der Waals surface area contributed by atoms with Gasteiger partial charge >= 0.3 is 11.7 Å². The van der Waals surface area contributed by atoms with Crippen LogP contribution >= 0.6 is 0 Å².